The minimum Gasteiger partial charge on any atom is -0.207 e. The molecular weight excluding hydrogens is 246 g/mol. The van der Waals surface area contributed by atoms with Crippen LogP contribution in [-0.4, -0.2) is 24.8 Å². The molecule has 0 aromatic heterocycles. The third kappa shape index (κ3) is 1.48. The molecule has 1 heterocycles. The molecule has 1 aromatic rings. The molecule has 2 aliphatic rings. The Morgan fingerprint density at radius 3 is 2.25 bits per heavy atom. The van der Waals surface area contributed by atoms with Gasteiger partial charge in [0.2, 0.25) is 10.0 Å². The van der Waals surface area contributed by atoms with Gasteiger partial charge in [0.25, 0.3) is 0 Å². The van der Waals surface area contributed by atoms with Crippen LogP contribution in [0.1, 0.15) is 19.3 Å². The summed E-state index contributed by atoms with van der Waals surface area (Å²) in [6, 6.07) is 6.92. The molecule has 5 heteroatoms. The summed E-state index contributed by atoms with van der Waals surface area (Å²) < 4.78 is 26.0. The molecular formula is C11H12ClNO2S. The summed E-state index contributed by atoms with van der Waals surface area (Å²) >= 11 is 5.74. The van der Waals surface area contributed by atoms with Crippen LogP contribution in [0.25, 0.3) is 0 Å². The Labute approximate surface area is 100 Å². The lowest BCUT2D eigenvalue weighted by molar-refractivity contribution is 0.517. The minimum absolute atomic E-state index is 0.265. The number of halogens is 1. The van der Waals surface area contributed by atoms with E-state index in [1.54, 1.807) is 28.6 Å². The number of nitrogens with zero attached hydrogens (tertiary/aromatic N) is 1. The molecule has 0 amide bonds. The zero-order chi connectivity index (χ0) is 11.3. The summed E-state index contributed by atoms with van der Waals surface area (Å²) in [5, 5.41) is 0.560. The van der Waals surface area contributed by atoms with Gasteiger partial charge in [0.05, 0.1) is 4.90 Å². The van der Waals surface area contributed by atoms with E-state index >= 15 is 0 Å². The van der Waals surface area contributed by atoms with Gasteiger partial charge in [-0.2, -0.15) is 4.31 Å². The van der Waals surface area contributed by atoms with Crippen molar-refractivity contribution in [3.63, 3.8) is 0 Å². The maximum Gasteiger partial charge on any atom is 0.243 e. The number of sulfonamides is 1. The van der Waals surface area contributed by atoms with E-state index in [0.717, 1.165) is 19.3 Å². The molecule has 1 aliphatic heterocycles. The van der Waals surface area contributed by atoms with Crippen molar-refractivity contribution < 1.29 is 8.42 Å². The van der Waals surface area contributed by atoms with Gasteiger partial charge in [-0.25, -0.2) is 8.42 Å². The molecule has 0 spiro atoms. The van der Waals surface area contributed by atoms with Crippen molar-refractivity contribution in [1.82, 2.24) is 4.31 Å². The quantitative estimate of drug-likeness (QED) is 0.762. The standard InChI is InChI=1S/C11H12ClNO2S/c12-8-4-6-9(7-5-8)16(14,15)13-10-2-1-3-11(10)13/h4-7,10-11H,1-3H2. The van der Waals surface area contributed by atoms with Crippen molar-refractivity contribution >= 4 is 21.6 Å². The second kappa shape index (κ2) is 3.45. The summed E-state index contributed by atoms with van der Waals surface area (Å²) in [7, 11) is -3.27. The summed E-state index contributed by atoms with van der Waals surface area (Å²) in [6.45, 7) is 0. The van der Waals surface area contributed by atoms with Crippen molar-refractivity contribution in [2.75, 3.05) is 0 Å². The first kappa shape index (κ1) is 10.6. The van der Waals surface area contributed by atoms with Crippen molar-refractivity contribution in [2.45, 2.75) is 36.2 Å². The van der Waals surface area contributed by atoms with Crippen LogP contribution >= 0.6 is 11.6 Å². The maximum atomic E-state index is 12.2. The monoisotopic (exact) mass is 257 g/mol. The number of benzene rings is 1. The summed E-state index contributed by atoms with van der Waals surface area (Å²) in [4.78, 5) is 0.353. The molecule has 3 rings (SSSR count). The lowest BCUT2D eigenvalue weighted by Gasteiger charge is -2.08. The van der Waals surface area contributed by atoms with E-state index in [4.69, 9.17) is 11.6 Å². The van der Waals surface area contributed by atoms with Crippen LogP contribution in [0.15, 0.2) is 29.2 Å². The second-order valence-corrected chi connectivity index (χ2v) is 6.63. The number of piperidine rings is 1. The van der Waals surface area contributed by atoms with Crippen LogP contribution in [0.5, 0.6) is 0 Å². The molecule has 1 saturated heterocycles. The first-order chi connectivity index (χ1) is 7.60. The normalized spacial score (nSPS) is 32.4. The average molecular weight is 258 g/mol. The Hall–Kier alpha value is -0.580. The molecule has 0 N–H and O–H groups in total. The summed E-state index contributed by atoms with van der Waals surface area (Å²) in [6.07, 6.45) is 3.18. The topological polar surface area (TPSA) is 37.1 Å². The van der Waals surface area contributed by atoms with Gasteiger partial charge in [0, 0.05) is 17.1 Å². The fraction of sp³-hybridized carbons (Fsp3) is 0.455. The predicted octanol–water partition coefficient (Wildman–Crippen LogP) is 2.27. The molecule has 1 aromatic carbocycles. The third-order valence-corrected chi connectivity index (χ3v) is 5.61. The van der Waals surface area contributed by atoms with Gasteiger partial charge in [0.15, 0.2) is 0 Å². The highest BCUT2D eigenvalue weighted by atomic mass is 35.5. The highest BCUT2D eigenvalue weighted by Gasteiger charge is 2.57. The lowest BCUT2D eigenvalue weighted by atomic mass is 10.3. The van der Waals surface area contributed by atoms with Crippen molar-refractivity contribution in [1.29, 1.82) is 0 Å². The van der Waals surface area contributed by atoms with Gasteiger partial charge in [-0.1, -0.05) is 18.0 Å². The fourth-order valence-corrected chi connectivity index (χ4v) is 4.57. The van der Waals surface area contributed by atoms with E-state index in [1.165, 1.54) is 0 Å². The number of hydrogen-bond donors (Lipinski definition) is 0. The highest BCUT2D eigenvalue weighted by molar-refractivity contribution is 7.89. The predicted molar refractivity (Wildman–Crippen MR) is 61.9 cm³/mol. The number of rotatable bonds is 2. The average Bonchev–Trinajstić information content (AvgIpc) is 2.77. The summed E-state index contributed by atoms with van der Waals surface area (Å²) in [5.74, 6) is 0. The van der Waals surface area contributed by atoms with Gasteiger partial charge >= 0.3 is 0 Å². The Bertz CT molecular complexity index is 501. The van der Waals surface area contributed by atoms with Crippen LogP contribution in [0.2, 0.25) is 5.02 Å². The molecule has 1 aliphatic carbocycles. The largest absolute Gasteiger partial charge is 0.243 e. The van der Waals surface area contributed by atoms with E-state index in [-0.39, 0.29) is 12.1 Å². The van der Waals surface area contributed by atoms with Crippen LogP contribution in [0.3, 0.4) is 0 Å². The summed E-state index contributed by atoms with van der Waals surface area (Å²) in [5.41, 5.74) is 0. The molecule has 86 valence electrons. The first-order valence-corrected chi connectivity index (χ1v) is 7.21. The molecule has 2 fully saturated rings. The number of fused-ring (bicyclic) bond motifs is 1. The Morgan fingerprint density at radius 1 is 1.12 bits per heavy atom. The Kier molecular flexibility index (Phi) is 2.28. The Balaban J connectivity index is 1.92. The first-order valence-electron chi connectivity index (χ1n) is 5.40. The molecule has 0 bridgehead atoms. The number of hydrogen-bond acceptors (Lipinski definition) is 2. The van der Waals surface area contributed by atoms with Gasteiger partial charge in [-0.3, -0.25) is 0 Å². The van der Waals surface area contributed by atoms with E-state index in [9.17, 15) is 8.42 Å². The molecule has 16 heavy (non-hydrogen) atoms. The van der Waals surface area contributed by atoms with E-state index in [0.29, 0.717) is 9.92 Å². The molecule has 2 atom stereocenters. The maximum absolute atomic E-state index is 12.2. The minimum atomic E-state index is -3.27. The molecule has 0 radical (unpaired) electrons. The van der Waals surface area contributed by atoms with Crippen molar-refractivity contribution in [3.8, 4) is 0 Å². The van der Waals surface area contributed by atoms with Gasteiger partial charge < -0.3 is 0 Å². The van der Waals surface area contributed by atoms with Gasteiger partial charge in [-0.05, 0) is 37.1 Å². The second-order valence-electron chi connectivity index (χ2n) is 4.35. The zero-order valence-corrected chi connectivity index (χ0v) is 10.2. The molecule has 3 nitrogen and oxygen atoms in total. The molecule has 1 saturated carbocycles. The van der Waals surface area contributed by atoms with Gasteiger partial charge in [0.1, 0.15) is 0 Å². The lowest BCUT2D eigenvalue weighted by Crippen LogP contribution is -2.17. The van der Waals surface area contributed by atoms with E-state index < -0.39 is 10.0 Å². The van der Waals surface area contributed by atoms with Crippen LogP contribution < -0.4 is 0 Å². The van der Waals surface area contributed by atoms with Crippen molar-refractivity contribution in [3.05, 3.63) is 29.3 Å². The van der Waals surface area contributed by atoms with Crippen LogP contribution in [-0.2, 0) is 10.0 Å². The van der Waals surface area contributed by atoms with Gasteiger partial charge in [-0.15, -0.1) is 0 Å². The van der Waals surface area contributed by atoms with E-state index in [1.807, 2.05) is 0 Å². The SMILES string of the molecule is O=S(=O)(c1ccc(Cl)cc1)N1C2CCCC21. The van der Waals surface area contributed by atoms with E-state index in [2.05, 4.69) is 0 Å². The highest BCUT2D eigenvalue weighted by Crippen LogP contribution is 2.46. The zero-order valence-electron chi connectivity index (χ0n) is 8.64. The third-order valence-electron chi connectivity index (χ3n) is 3.40. The fourth-order valence-electron chi connectivity index (χ4n) is 2.57. The molecule has 2 unspecified atom stereocenters. The van der Waals surface area contributed by atoms with Crippen LogP contribution in [0, 0.1) is 0 Å². The Morgan fingerprint density at radius 2 is 1.69 bits per heavy atom. The smallest absolute Gasteiger partial charge is 0.207 e. The van der Waals surface area contributed by atoms with Crippen LogP contribution in [0.4, 0.5) is 0 Å². The van der Waals surface area contributed by atoms with Crippen molar-refractivity contribution in [2.24, 2.45) is 0 Å².